The van der Waals surface area contributed by atoms with Crippen molar-refractivity contribution in [1.29, 1.82) is 0 Å². The second kappa shape index (κ2) is 7.75. The zero-order chi connectivity index (χ0) is 17.7. The molecule has 0 aliphatic carbocycles. The molecule has 24 heavy (non-hydrogen) atoms. The summed E-state index contributed by atoms with van der Waals surface area (Å²) < 4.78 is 19.4. The molecular formula is C18H26FN2O3+. The van der Waals surface area contributed by atoms with E-state index in [4.69, 9.17) is 4.74 Å². The Balaban J connectivity index is 2.21. The van der Waals surface area contributed by atoms with E-state index in [2.05, 4.69) is 12.2 Å². The number of ether oxygens (including phenoxy) is 1. The zero-order valence-corrected chi connectivity index (χ0v) is 14.7. The third-order valence-corrected chi connectivity index (χ3v) is 4.72. The molecule has 1 N–H and O–H groups in total. The van der Waals surface area contributed by atoms with E-state index in [-0.39, 0.29) is 18.1 Å². The molecule has 0 aromatic heterocycles. The Labute approximate surface area is 142 Å². The van der Waals surface area contributed by atoms with Gasteiger partial charge in [0.15, 0.2) is 6.54 Å². The molecular weight excluding hydrogens is 311 g/mol. The van der Waals surface area contributed by atoms with E-state index in [1.54, 1.807) is 13.8 Å². The van der Waals surface area contributed by atoms with Gasteiger partial charge < -0.3 is 14.5 Å². The van der Waals surface area contributed by atoms with Crippen LogP contribution in [0.25, 0.3) is 0 Å². The van der Waals surface area contributed by atoms with E-state index in [0.717, 1.165) is 43.0 Å². The molecule has 0 atom stereocenters. The van der Waals surface area contributed by atoms with Gasteiger partial charge in [-0.15, -0.1) is 0 Å². The molecule has 0 unspecified atom stereocenters. The fraction of sp³-hybridized carbons (Fsp3) is 0.556. The standard InChI is InChI=1S/C18H25FN2O3/c1-4-21(8-6-7-9-21)12-16(22)20-17-13(3)10-14(19)11-15(17)18(23)24-5-2/h10-11H,4-9,12H2,1-3H3/p+1. The molecule has 1 heterocycles. The van der Waals surface area contributed by atoms with Crippen molar-refractivity contribution in [3.05, 3.63) is 29.1 Å². The second-order valence-corrected chi connectivity index (χ2v) is 6.38. The smallest absolute Gasteiger partial charge is 0.340 e. The first-order chi connectivity index (χ1) is 11.4. The number of amides is 1. The lowest BCUT2D eigenvalue weighted by Gasteiger charge is -2.32. The van der Waals surface area contributed by atoms with Crippen molar-refractivity contribution < 1.29 is 23.2 Å². The zero-order valence-electron chi connectivity index (χ0n) is 14.7. The fourth-order valence-corrected chi connectivity index (χ4v) is 3.35. The van der Waals surface area contributed by atoms with Crippen LogP contribution in [0.1, 0.15) is 42.6 Å². The van der Waals surface area contributed by atoms with Crippen molar-refractivity contribution >= 4 is 17.6 Å². The Morgan fingerprint density at radius 3 is 2.50 bits per heavy atom. The summed E-state index contributed by atoms with van der Waals surface area (Å²) in [6.45, 7) is 8.90. The maximum atomic E-state index is 13.7. The first-order valence-electron chi connectivity index (χ1n) is 8.53. The lowest BCUT2D eigenvalue weighted by atomic mass is 10.1. The number of quaternary nitrogens is 1. The summed E-state index contributed by atoms with van der Waals surface area (Å²) in [5.74, 6) is -1.31. The Morgan fingerprint density at radius 2 is 1.92 bits per heavy atom. The number of rotatable bonds is 6. The molecule has 132 valence electrons. The molecule has 0 saturated carbocycles. The van der Waals surface area contributed by atoms with Crippen LogP contribution in [0.3, 0.4) is 0 Å². The van der Waals surface area contributed by atoms with Crippen LogP contribution in [0, 0.1) is 12.7 Å². The number of halogens is 1. The second-order valence-electron chi connectivity index (χ2n) is 6.38. The number of carbonyl (C=O) groups is 2. The van der Waals surface area contributed by atoms with Crippen LogP contribution < -0.4 is 5.32 Å². The third-order valence-electron chi connectivity index (χ3n) is 4.72. The molecule has 6 heteroatoms. The van der Waals surface area contributed by atoms with E-state index in [1.165, 1.54) is 6.07 Å². The fourth-order valence-electron chi connectivity index (χ4n) is 3.35. The number of likely N-dealkylation sites (tertiary alicyclic amines) is 1. The topological polar surface area (TPSA) is 55.4 Å². The molecule has 1 fully saturated rings. The molecule has 1 saturated heterocycles. The van der Waals surface area contributed by atoms with Crippen LogP contribution >= 0.6 is 0 Å². The Bertz CT molecular complexity index is 625. The molecule has 1 amide bonds. The van der Waals surface area contributed by atoms with Crippen LogP contribution in [0.4, 0.5) is 10.1 Å². The van der Waals surface area contributed by atoms with Crippen LogP contribution in [0.2, 0.25) is 0 Å². The number of hydrogen-bond acceptors (Lipinski definition) is 3. The van der Waals surface area contributed by atoms with Gasteiger partial charge in [0.25, 0.3) is 5.91 Å². The van der Waals surface area contributed by atoms with Gasteiger partial charge in [0.2, 0.25) is 0 Å². The monoisotopic (exact) mass is 337 g/mol. The SMILES string of the molecule is CCOC(=O)c1cc(F)cc(C)c1NC(=O)C[N+]1(CC)CCCC1. The number of likely N-dealkylation sites (N-methyl/N-ethyl adjacent to an activating group) is 1. The Hall–Kier alpha value is -1.95. The quantitative estimate of drug-likeness (QED) is 0.641. The minimum Gasteiger partial charge on any atom is -0.462 e. The van der Waals surface area contributed by atoms with Crippen molar-refractivity contribution in [3.63, 3.8) is 0 Å². The molecule has 5 nitrogen and oxygen atoms in total. The molecule has 1 aliphatic heterocycles. The van der Waals surface area contributed by atoms with Crippen molar-refractivity contribution in [2.75, 3.05) is 38.1 Å². The number of anilines is 1. The number of nitrogens with zero attached hydrogens (tertiary/aromatic N) is 1. The first-order valence-corrected chi connectivity index (χ1v) is 8.53. The van der Waals surface area contributed by atoms with E-state index >= 15 is 0 Å². The minimum absolute atomic E-state index is 0.0622. The molecule has 0 radical (unpaired) electrons. The van der Waals surface area contributed by atoms with Gasteiger partial charge in [-0.3, -0.25) is 4.79 Å². The van der Waals surface area contributed by atoms with Crippen LogP contribution in [0.5, 0.6) is 0 Å². The molecule has 0 bridgehead atoms. The Morgan fingerprint density at radius 1 is 1.25 bits per heavy atom. The average molecular weight is 337 g/mol. The number of nitrogens with one attached hydrogen (secondary N) is 1. The summed E-state index contributed by atoms with van der Waals surface area (Å²) in [4.78, 5) is 24.6. The summed E-state index contributed by atoms with van der Waals surface area (Å²) in [6, 6.07) is 2.42. The highest BCUT2D eigenvalue weighted by atomic mass is 19.1. The summed E-state index contributed by atoms with van der Waals surface area (Å²) in [5.41, 5.74) is 0.913. The predicted molar refractivity (Wildman–Crippen MR) is 90.4 cm³/mol. The average Bonchev–Trinajstić information content (AvgIpc) is 2.99. The van der Waals surface area contributed by atoms with Gasteiger partial charge in [0.05, 0.1) is 37.5 Å². The molecule has 1 aromatic rings. The number of benzene rings is 1. The summed E-state index contributed by atoms with van der Waals surface area (Å²) in [7, 11) is 0. The van der Waals surface area contributed by atoms with Gasteiger partial charge in [-0.05, 0) is 38.5 Å². The van der Waals surface area contributed by atoms with Crippen molar-refractivity contribution in [2.24, 2.45) is 0 Å². The molecule has 1 aromatic carbocycles. The molecule has 2 rings (SSSR count). The van der Waals surface area contributed by atoms with Gasteiger partial charge in [-0.1, -0.05) is 0 Å². The minimum atomic E-state index is -0.629. The van der Waals surface area contributed by atoms with E-state index in [0.29, 0.717) is 17.8 Å². The first kappa shape index (κ1) is 18.4. The van der Waals surface area contributed by atoms with Gasteiger partial charge >= 0.3 is 5.97 Å². The summed E-state index contributed by atoms with van der Waals surface area (Å²) in [6.07, 6.45) is 2.26. The van der Waals surface area contributed by atoms with E-state index < -0.39 is 11.8 Å². The Kier molecular flexibility index (Phi) is 5.94. The number of carbonyl (C=O) groups excluding carboxylic acids is 2. The van der Waals surface area contributed by atoms with E-state index in [1.807, 2.05) is 0 Å². The summed E-state index contributed by atoms with van der Waals surface area (Å²) >= 11 is 0. The van der Waals surface area contributed by atoms with Crippen molar-refractivity contribution in [2.45, 2.75) is 33.6 Å². The lowest BCUT2D eigenvalue weighted by Crippen LogP contribution is -2.50. The van der Waals surface area contributed by atoms with Crippen LogP contribution in [0.15, 0.2) is 12.1 Å². The lowest BCUT2D eigenvalue weighted by molar-refractivity contribution is -0.907. The normalized spacial score (nSPS) is 16.0. The highest BCUT2D eigenvalue weighted by molar-refractivity contribution is 6.02. The number of esters is 1. The molecule has 0 spiro atoms. The third kappa shape index (κ3) is 4.12. The van der Waals surface area contributed by atoms with Gasteiger partial charge in [-0.25, -0.2) is 9.18 Å². The summed E-state index contributed by atoms with van der Waals surface area (Å²) in [5, 5.41) is 2.81. The van der Waals surface area contributed by atoms with Crippen LogP contribution in [-0.2, 0) is 9.53 Å². The van der Waals surface area contributed by atoms with Crippen molar-refractivity contribution in [1.82, 2.24) is 0 Å². The largest absolute Gasteiger partial charge is 0.462 e. The molecule has 1 aliphatic rings. The highest BCUT2D eigenvalue weighted by Gasteiger charge is 2.33. The number of hydrogen-bond donors (Lipinski definition) is 1. The maximum absolute atomic E-state index is 13.7. The number of aryl methyl sites for hydroxylation is 1. The predicted octanol–water partition coefficient (Wildman–Crippen LogP) is 2.88. The van der Waals surface area contributed by atoms with Gasteiger partial charge in [-0.2, -0.15) is 0 Å². The maximum Gasteiger partial charge on any atom is 0.340 e. The highest BCUT2D eigenvalue weighted by Crippen LogP contribution is 2.25. The van der Waals surface area contributed by atoms with Gasteiger partial charge in [0.1, 0.15) is 5.82 Å². The van der Waals surface area contributed by atoms with Gasteiger partial charge in [0, 0.05) is 12.8 Å². The van der Waals surface area contributed by atoms with E-state index in [9.17, 15) is 14.0 Å². The van der Waals surface area contributed by atoms with Crippen LogP contribution in [-0.4, -0.2) is 49.1 Å². The van der Waals surface area contributed by atoms with Crippen molar-refractivity contribution in [3.8, 4) is 0 Å².